The minimum Gasteiger partial charge on any atom is -0.444 e. The molecule has 0 saturated carbocycles. The van der Waals surface area contributed by atoms with Crippen LogP contribution in [0.15, 0.2) is 17.1 Å². The van der Waals surface area contributed by atoms with E-state index in [2.05, 4.69) is 16.2 Å². The van der Waals surface area contributed by atoms with Gasteiger partial charge in [0.25, 0.3) is 0 Å². The predicted molar refractivity (Wildman–Crippen MR) is 64.9 cm³/mol. The molecule has 0 bridgehead atoms. The number of rotatable bonds is 1. The number of terminal acetylenes is 1. The number of aromatic nitrogens is 1. The third-order valence-electron chi connectivity index (χ3n) is 1.70. The fraction of sp³-hybridized carbons (Fsp3) is 0.333. The largest absolute Gasteiger partial charge is 0.444 e. The molecule has 1 rings (SSSR count). The molecule has 0 saturated heterocycles. The molecule has 0 unspecified atom stereocenters. The molecule has 1 aromatic heterocycles. The summed E-state index contributed by atoms with van der Waals surface area (Å²) in [5, 5.41) is 2.41. The van der Waals surface area contributed by atoms with Gasteiger partial charge in [-0.1, -0.05) is 5.92 Å². The van der Waals surface area contributed by atoms with Gasteiger partial charge in [0.1, 0.15) is 11.4 Å². The summed E-state index contributed by atoms with van der Waals surface area (Å²) in [4.78, 5) is 25.5. The van der Waals surface area contributed by atoms with Gasteiger partial charge in [-0.3, -0.25) is 10.1 Å². The molecule has 0 aliphatic rings. The molecule has 0 aliphatic carbocycles. The smallest absolute Gasteiger partial charge is 0.413 e. The van der Waals surface area contributed by atoms with E-state index in [0.717, 1.165) is 0 Å². The Morgan fingerprint density at radius 2 is 2.18 bits per heavy atom. The van der Waals surface area contributed by atoms with Crippen LogP contribution in [-0.4, -0.2) is 16.7 Å². The van der Waals surface area contributed by atoms with E-state index in [0.29, 0.717) is 0 Å². The van der Waals surface area contributed by atoms with Gasteiger partial charge in [-0.05, 0) is 20.8 Å². The summed E-state index contributed by atoms with van der Waals surface area (Å²) in [5.41, 5.74) is -0.722. The van der Waals surface area contributed by atoms with E-state index in [1.165, 1.54) is 12.3 Å². The Labute approximate surface area is 99.2 Å². The maximum Gasteiger partial charge on any atom is 0.413 e. The summed E-state index contributed by atoms with van der Waals surface area (Å²) in [6, 6.07) is 1.21. The number of anilines is 1. The average molecular weight is 234 g/mol. The first-order valence-electron chi connectivity index (χ1n) is 5.01. The molecule has 1 amide bonds. The molecule has 5 heteroatoms. The monoisotopic (exact) mass is 234 g/mol. The van der Waals surface area contributed by atoms with Gasteiger partial charge in [-0.25, -0.2) is 4.79 Å². The standard InChI is InChI=1S/C12H14N2O3/c1-5-8-7-13-10(6-9(8)15)14-11(16)17-12(2,3)4/h1,6-7H,2-4H3,(H2,13,14,15,16). The van der Waals surface area contributed by atoms with Crippen molar-refractivity contribution in [2.24, 2.45) is 0 Å². The lowest BCUT2D eigenvalue weighted by molar-refractivity contribution is 0.0635. The van der Waals surface area contributed by atoms with E-state index in [-0.39, 0.29) is 16.8 Å². The predicted octanol–water partition coefficient (Wildman–Crippen LogP) is 1.70. The molecule has 0 aromatic carbocycles. The van der Waals surface area contributed by atoms with Crippen LogP contribution in [0.5, 0.6) is 0 Å². The Morgan fingerprint density at radius 1 is 1.53 bits per heavy atom. The summed E-state index contributed by atoms with van der Waals surface area (Å²) in [5.74, 6) is 2.47. The fourth-order valence-electron chi connectivity index (χ4n) is 1.07. The molecule has 17 heavy (non-hydrogen) atoms. The van der Waals surface area contributed by atoms with Crippen molar-refractivity contribution in [2.75, 3.05) is 5.32 Å². The van der Waals surface area contributed by atoms with E-state index in [1.807, 2.05) is 0 Å². The van der Waals surface area contributed by atoms with Gasteiger partial charge in [0.2, 0.25) is 0 Å². The second kappa shape index (κ2) is 4.74. The molecule has 1 aromatic rings. The van der Waals surface area contributed by atoms with Crippen molar-refractivity contribution in [1.29, 1.82) is 0 Å². The zero-order valence-electron chi connectivity index (χ0n) is 9.96. The van der Waals surface area contributed by atoms with Crippen molar-refractivity contribution in [3.63, 3.8) is 0 Å². The number of carbonyl (C=O) groups excluding carboxylic acids is 1. The lowest BCUT2D eigenvalue weighted by Gasteiger charge is -2.19. The molecular formula is C12H14N2O3. The molecule has 90 valence electrons. The first kappa shape index (κ1) is 12.8. The van der Waals surface area contributed by atoms with Crippen molar-refractivity contribution < 1.29 is 9.53 Å². The van der Waals surface area contributed by atoms with Crippen molar-refractivity contribution in [3.8, 4) is 12.3 Å². The quantitative estimate of drug-likeness (QED) is 0.726. The van der Waals surface area contributed by atoms with Crippen LogP contribution < -0.4 is 10.7 Å². The van der Waals surface area contributed by atoms with Crippen LogP contribution in [0.3, 0.4) is 0 Å². The van der Waals surface area contributed by atoms with Gasteiger partial charge in [-0.15, -0.1) is 6.42 Å². The summed E-state index contributed by atoms with van der Waals surface area (Å²) >= 11 is 0. The van der Waals surface area contributed by atoms with Crippen molar-refractivity contribution in [3.05, 3.63) is 28.0 Å². The summed E-state index contributed by atoms with van der Waals surface area (Å²) < 4.78 is 5.03. The summed E-state index contributed by atoms with van der Waals surface area (Å²) in [6.45, 7) is 5.24. The van der Waals surface area contributed by atoms with E-state index in [1.54, 1.807) is 20.8 Å². The molecular weight excluding hydrogens is 220 g/mol. The molecule has 5 nitrogen and oxygen atoms in total. The molecule has 0 atom stereocenters. The second-order valence-corrected chi connectivity index (χ2v) is 4.40. The van der Waals surface area contributed by atoms with Gasteiger partial charge < -0.3 is 9.72 Å². The topological polar surface area (TPSA) is 71.2 Å². The highest BCUT2D eigenvalue weighted by molar-refractivity contribution is 5.83. The average Bonchev–Trinajstić information content (AvgIpc) is 2.14. The number of pyridine rings is 1. The van der Waals surface area contributed by atoms with Crippen LogP contribution in [0.1, 0.15) is 26.3 Å². The number of H-pyrrole nitrogens is 1. The molecule has 0 radical (unpaired) electrons. The van der Waals surface area contributed by atoms with Gasteiger partial charge in [0, 0.05) is 12.3 Å². The van der Waals surface area contributed by atoms with E-state index in [9.17, 15) is 9.59 Å². The minimum atomic E-state index is -0.637. The lowest BCUT2D eigenvalue weighted by atomic mass is 10.2. The number of nitrogens with one attached hydrogen (secondary N) is 2. The summed E-state index contributed by atoms with van der Waals surface area (Å²) in [7, 11) is 0. The van der Waals surface area contributed by atoms with Crippen molar-refractivity contribution >= 4 is 11.9 Å². The first-order chi connectivity index (χ1) is 7.81. The Kier molecular flexibility index (Phi) is 3.59. The van der Waals surface area contributed by atoms with Gasteiger partial charge in [0.15, 0.2) is 5.43 Å². The molecule has 0 aliphatic heterocycles. The van der Waals surface area contributed by atoms with E-state index >= 15 is 0 Å². The summed E-state index contributed by atoms with van der Waals surface area (Å²) in [6.07, 6.45) is 5.82. The molecule has 2 N–H and O–H groups in total. The number of carbonyl (C=O) groups is 1. The number of hydrogen-bond acceptors (Lipinski definition) is 3. The van der Waals surface area contributed by atoms with Crippen LogP contribution in [0, 0.1) is 12.3 Å². The van der Waals surface area contributed by atoms with Crippen molar-refractivity contribution in [1.82, 2.24) is 4.98 Å². The Bertz CT molecular complexity index is 518. The van der Waals surface area contributed by atoms with Crippen LogP contribution in [0.2, 0.25) is 0 Å². The Morgan fingerprint density at radius 3 is 2.65 bits per heavy atom. The number of hydrogen-bond donors (Lipinski definition) is 2. The Balaban J connectivity index is 2.77. The normalized spacial score (nSPS) is 10.5. The number of amides is 1. The zero-order chi connectivity index (χ0) is 13.1. The maximum absolute atomic E-state index is 11.4. The highest BCUT2D eigenvalue weighted by Gasteiger charge is 2.16. The maximum atomic E-state index is 11.4. The third kappa shape index (κ3) is 4.03. The highest BCUT2D eigenvalue weighted by atomic mass is 16.6. The highest BCUT2D eigenvalue weighted by Crippen LogP contribution is 2.09. The SMILES string of the molecule is C#Cc1c[nH]c(NC(=O)OC(C)(C)C)cc1=O. The lowest BCUT2D eigenvalue weighted by Crippen LogP contribution is -2.27. The second-order valence-electron chi connectivity index (χ2n) is 4.40. The van der Waals surface area contributed by atoms with E-state index < -0.39 is 11.7 Å². The van der Waals surface area contributed by atoms with Crippen LogP contribution in [0.25, 0.3) is 0 Å². The van der Waals surface area contributed by atoms with Crippen LogP contribution >= 0.6 is 0 Å². The van der Waals surface area contributed by atoms with E-state index in [4.69, 9.17) is 11.2 Å². The van der Waals surface area contributed by atoms with Crippen LogP contribution in [-0.2, 0) is 4.74 Å². The molecule has 0 fully saturated rings. The first-order valence-corrected chi connectivity index (χ1v) is 5.01. The molecule has 0 spiro atoms. The Hall–Kier alpha value is -2.22. The van der Waals surface area contributed by atoms with Gasteiger partial charge >= 0.3 is 6.09 Å². The molecule has 1 heterocycles. The van der Waals surface area contributed by atoms with Crippen molar-refractivity contribution in [2.45, 2.75) is 26.4 Å². The third-order valence-corrected chi connectivity index (χ3v) is 1.70. The minimum absolute atomic E-state index is 0.208. The van der Waals surface area contributed by atoms with Gasteiger partial charge in [0.05, 0.1) is 5.56 Å². The van der Waals surface area contributed by atoms with Gasteiger partial charge in [-0.2, -0.15) is 0 Å². The number of ether oxygens (including phenoxy) is 1. The fourth-order valence-corrected chi connectivity index (χ4v) is 1.07. The zero-order valence-corrected chi connectivity index (χ0v) is 9.96. The number of aromatic amines is 1. The van der Waals surface area contributed by atoms with Crippen LogP contribution in [0.4, 0.5) is 10.6 Å².